The van der Waals surface area contributed by atoms with Gasteiger partial charge in [0.1, 0.15) is 0 Å². The summed E-state index contributed by atoms with van der Waals surface area (Å²) < 4.78 is 0. The minimum absolute atomic E-state index is 0.0931. The van der Waals surface area contributed by atoms with Gasteiger partial charge in [0.05, 0.1) is 6.42 Å². The Morgan fingerprint density at radius 3 is 2.50 bits per heavy atom. The van der Waals surface area contributed by atoms with Gasteiger partial charge in [0.25, 0.3) is 0 Å². The maximum atomic E-state index is 10.8. The standard InChI is InChI=1S/C15H21NO2/c17-15(18)11-12-7-5-6-10-14(12)16-13-8-3-1-2-4-9-13/h5-7,10,13,16H,1-4,8-9,11H2,(H,17,18). The Labute approximate surface area is 108 Å². The summed E-state index contributed by atoms with van der Waals surface area (Å²) in [6.07, 6.45) is 7.69. The smallest absolute Gasteiger partial charge is 0.307 e. The van der Waals surface area contributed by atoms with E-state index in [2.05, 4.69) is 5.32 Å². The maximum absolute atomic E-state index is 10.8. The van der Waals surface area contributed by atoms with E-state index < -0.39 is 5.97 Å². The highest BCUT2D eigenvalue weighted by Crippen LogP contribution is 2.23. The van der Waals surface area contributed by atoms with Crippen molar-refractivity contribution in [1.82, 2.24) is 0 Å². The van der Waals surface area contributed by atoms with Gasteiger partial charge < -0.3 is 10.4 Å². The zero-order valence-corrected chi connectivity index (χ0v) is 10.7. The Balaban J connectivity index is 2.04. The van der Waals surface area contributed by atoms with Crippen LogP contribution in [0, 0.1) is 0 Å². The average Bonchev–Trinajstić information content (AvgIpc) is 2.60. The van der Waals surface area contributed by atoms with Crippen molar-refractivity contribution in [3.8, 4) is 0 Å². The van der Waals surface area contributed by atoms with Crippen LogP contribution in [0.5, 0.6) is 0 Å². The summed E-state index contributed by atoms with van der Waals surface area (Å²) in [6.45, 7) is 0. The Hall–Kier alpha value is -1.51. The molecule has 1 aliphatic rings. The second-order valence-electron chi connectivity index (χ2n) is 5.06. The highest BCUT2D eigenvalue weighted by atomic mass is 16.4. The summed E-state index contributed by atoms with van der Waals surface area (Å²) >= 11 is 0. The van der Waals surface area contributed by atoms with Gasteiger partial charge in [0.15, 0.2) is 0 Å². The van der Waals surface area contributed by atoms with E-state index >= 15 is 0 Å². The summed E-state index contributed by atoms with van der Waals surface area (Å²) in [6, 6.07) is 8.25. The summed E-state index contributed by atoms with van der Waals surface area (Å²) in [5.41, 5.74) is 1.88. The molecule has 1 fully saturated rings. The monoisotopic (exact) mass is 247 g/mol. The summed E-state index contributed by atoms with van der Waals surface area (Å²) in [4.78, 5) is 10.8. The first-order valence-electron chi connectivity index (χ1n) is 6.82. The molecule has 0 saturated heterocycles. The Bertz CT molecular complexity index is 395. The lowest BCUT2D eigenvalue weighted by atomic mass is 10.1. The van der Waals surface area contributed by atoms with E-state index in [1.165, 1.54) is 38.5 Å². The van der Waals surface area contributed by atoms with Crippen LogP contribution in [-0.4, -0.2) is 17.1 Å². The second kappa shape index (κ2) is 6.43. The lowest BCUT2D eigenvalue weighted by Crippen LogP contribution is -2.19. The molecule has 0 bridgehead atoms. The molecule has 18 heavy (non-hydrogen) atoms. The van der Waals surface area contributed by atoms with Crippen LogP contribution in [0.2, 0.25) is 0 Å². The van der Waals surface area contributed by atoms with E-state index in [1.807, 2.05) is 24.3 Å². The number of carboxylic acid groups (broad SMARTS) is 1. The van der Waals surface area contributed by atoms with Gasteiger partial charge in [-0.25, -0.2) is 0 Å². The minimum Gasteiger partial charge on any atom is -0.481 e. The molecule has 2 N–H and O–H groups in total. The van der Waals surface area contributed by atoms with Crippen LogP contribution in [0.3, 0.4) is 0 Å². The van der Waals surface area contributed by atoms with Crippen LogP contribution >= 0.6 is 0 Å². The van der Waals surface area contributed by atoms with Gasteiger partial charge in [-0.3, -0.25) is 4.79 Å². The van der Waals surface area contributed by atoms with E-state index in [9.17, 15) is 4.79 Å². The molecule has 0 aromatic heterocycles. The van der Waals surface area contributed by atoms with Crippen LogP contribution in [0.4, 0.5) is 5.69 Å². The third-order valence-corrected chi connectivity index (χ3v) is 3.57. The van der Waals surface area contributed by atoms with Gasteiger partial charge in [0, 0.05) is 11.7 Å². The normalized spacial score (nSPS) is 17.1. The largest absolute Gasteiger partial charge is 0.481 e. The molecule has 0 heterocycles. The van der Waals surface area contributed by atoms with Crippen molar-refractivity contribution < 1.29 is 9.90 Å². The van der Waals surface area contributed by atoms with Crippen molar-refractivity contribution in [3.63, 3.8) is 0 Å². The third kappa shape index (κ3) is 3.76. The Morgan fingerprint density at radius 2 is 1.83 bits per heavy atom. The molecular formula is C15H21NO2. The predicted molar refractivity (Wildman–Crippen MR) is 72.9 cm³/mol. The van der Waals surface area contributed by atoms with Crippen molar-refractivity contribution in [1.29, 1.82) is 0 Å². The number of carbonyl (C=O) groups is 1. The number of aliphatic carboxylic acids is 1. The highest BCUT2D eigenvalue weighted by molar-refractivity contribution is 5.73. The minimum atomic E-state index is -0.773. The fourth-order valence-corrected chi connectivity index (χ4v) is 2.62. The molecule has 0 spiro atoms. The second-order valence-corrected chi connectivity index (χ2v) is 5.06. The molecule has 1 aliphatic carbocycles. The highest BCUT2D eigenvalue weighted by Gasteiger charge is 2.14. The van der Waals surface area contributed by atoms with Crippen molar-refractivity contribution in [2.45, 2.75) is 51.0 Å². The fraction of sp³-hybridized carbons (Fsp3) is 0.533. The molecule has 3 heteroatoms. The van der Waals surface area contributed by atoms with Gasteiger partial charge in [-0.1, -0.05) is 43.9 Å². The van der Waals surface area contributed by atoms with E-state index in [0.717, 1.165) is 11.3 Å². The van der Waals surface area contributed by atoms with E-state index in [1.54, 1.807) is 0 Å². The molecule has 1 aromatic carbocycles. The Kier molecular flexibility index (Phi) is 4.62. The van der Waals surface area contributed by atoms with Gasteiger partial charge in [-0.15, -0.1) is 0 Å². The molecule has 1 aromatic rings. The first-order chi connectivity index (χ1) is 8.75. The molecule has 98 valence electrons. The third-order valence-electron chi connectivity index (χ3n) is 3.57. The molecule has 0 unspecified atom stereocenters. The van der Waals surface area contributed by atoms with Gasteiger partial charge in [-0.2, -0.15) is 0 Å². The zero-order valence-electron chi connectivity index (χ0n) is 10.7. The number of benzene rings is 1. The summed E-state index contributed by atoms with van der Waals surface area (Å²) in [5.74, 6) is -0.773. The van der Waals surface area contributed by atoms with Crippen LogP contribution in [0.15, 0.2) is 24.3 Å². The molecule has 0 aliphatic heterocycles. The number of anilines is 1. The first kappa shape index (κ1) is 12.9. The topological polar surface area (TPSA) is 49.3 Å². The molecular weight excluding hydrogens is 226 g/mol. The number of para-hydroxylation sites is 1. The fourth-order valence-electron chi connectivity index (χ4n) is 2.62. The van der Waals surface area contributed by atoms with Crippen LogP contribution in [0.1, 0.15) is 44.1 Å². The zero-order chi connectivity index (χ0) is 12.8. The first-order valence-corrected chi connectivity index (χ1v) is 6.82. The van der Waals surface area contributed by atoms with Crippen LogP contribution in [0.25, 0.3) is 0 Å². The summed E-state index contributed by atoms with van der Waals surface area (Å²) in [7, 11) is 0. The number of nitrogens with one attached hydrogen (secondary N) is 1. The van der Waals surface area contributed by atoms with Crippen molar-refractivity contribution in [2.75, 3.05) is 5.32 Å². The lowest BCUT2D eigenvalue weighted by molar-refractivity contribution is -0.136. The number of carboxylic acids is 1. The van der Waals surface area contributed by atoms with E-state index in [4.69, 9.17) is 5.11 Å². The SMILES string of the molecule is O=C(O)Cc1ccccc1NC1CCCCCC1. The quantitative estimate of drug-likeness (QED) is 0.801. The Morgan fingerprint density at radius 1 is 1.17 bits per heavy atom. The number of rotatable bonds is 4. The predicted octanol–water partition coefficient (Wildman–Crippen LogP) is 3.45. The number of hydrogen-bond donors (Lipinski definition) is 2. The van der Waals surface area contributed by atoms with Crippen molar-refractivity contribution >= 4 is 11.7 Å². The molecule has 0 atom stereocenters. The van der Waals surface area contributed by atoms with Crippen molar-refractivity contribution in [2.24, 2.45) is 0 Å². The van der Waals surface area contributed by atoms with E-state index in [0.29, 0.717) is 6.04 Å². The van der Waals surface area contributed by atoms with Gasteiger partial charge in [-0.05, 0) is 24.5 Å². The average molecular weight is 247 g/mol. The van der Waals surface area contributed by atoms with Gasteiger partial charge in [0.2, 0.25) is 0 Å². The maximum Gasteiger partial charge on any atom is 0.307 e. The summed E-state index contributed by atoms with van der Waals surface area (Å²) in [5, 5.41) is 12.4. The lowest BCUT2D eigenvalue weighted by Gasteiger charge is -2.19. The van der Waals surface area contributed by atoms with Gasteiger partial charge >= 0.3 is 5.97 Å². The van der Waals surface area contributed by atoms with Crippen LogP contribution in [-0.2, 0) is 11.2 Å². The molecule has 0 radical (unpaired) electrons. The van der Waals surface area contributed by atoms with Crippen LogP contribution < -0.4 is 5.32 Å². The molecule has 0 amide bonds. The van der Waals surface area contributed by atoms with Crippen molar-refractivity contribution in [3.05, 3.63) is 29.8 Å². The molecule has 2 rings (SSSR count). The number of hydrogen-bond acceptors (Lipinski definition) is 2. The molecule has 3 nitrogen and oxygen atoms in total. The van der Waals surface area contributed by atoms with E-state index in [-0.39, 0.29) is 6.42 Å². The molecule has 1 saturated carbocycles.